The maximum Gasteiger partial charge on any atom is 0.323 e. The summed E-state index contributed by atoms with van der Waals surface area (Å²) in [6.07, 6.45) is 9.13. The molecule has 0 aliphatic carbocycles. The van der Waals surface area contributed by atoms with Crippen molar-refractivity contribution in [2.75, 3.05) is 17.7 Å². The van der Waals surface area contributed by atoms with Crippen LogP contribution in [0.2, 0.25) is 0 Å². The van der Waals surface area contributed by atoms with Crippen LogP contribution in [0.15, 0.2) is 78.2 Å². The third-order valence-corrected chi connectivity index (χ3v) is 6.04. The molecular weight excluding hydrogens is 484 g/mol. The molecule has 0 aromatic heterocycles. The SMILES string of the molecule is COc1cc(C(CC2=C(CCCC(=O)O)NC=CC=C2)NC(C)=O)ccc1NC(=O)Nc1ccccc1C. The number of carboxylic acid groups (broad SMARTS) is 1. The number of ether oxygens (including phenoxy) is 1. The molecule has 9 nitrogen and oxygen atoms in total. The molecule has 2 aromatic rings. The zero-order valence-electron chi connectivity index (χ0n) is 21.8. The highest BCUT2D eigenvalue weighted by molar-refractivity contribution is 6.01. The summed E-state index contributed by atoms with van der Waals surface area (Å²) in [5, 5.41) is 20.9. The Hall–Kier alpha value is -4.53. The first kappa shape index (κ1) is 28.0. The molecule has 0 fully saturated rings. The van der Waals surface area contributed by atoms with Crippen LogP contribution >= 0.6 is 0 Å². The van der Waals surface area contributed by atoms with Gasteiger partial charge in [0.2, 0.25) is 5.91 Å². The molecule has 3 rings (SSSR count). The fourth-order valence-corrected chi connectivity index (χ4v) is 4.14. The van der Waals surface area contributed by atoms with E-state index in [9.17, 15) is 14.4 Å². The summed E-state index contributed by atoms with van der Waals surface area (Å²) in [7, 11) is 1.52. The largest absolute Gasteiger partial charge is 0.495 e. The topological polar surface area (TPSA) is 129 Å². The number of amides is 3. The minimum Gasteiger partial charge on any atom is -0.495 e. The lowest BCUT2D eigenvalue weighted by Crippen LogP contribution is -2.27. The van der Waals surface area contributed by atoms with Crippen molar-refractivity contribution < 1.29 is 24.2 Å². The number of urea groups is 1. The Bertz CT molecular complexity index is 1270. The molecule has 1 heterocycles. The average molecular weight is 519 g/mol. The fraction of sp³-hybridized carbons (Fsp3) is 0.276. The molecule has 0 spiro atoms. The lowest BCUT2D eigenvalue weighted by molar-refractivity contribution is -0.137. The third-order valence-electron chi connectivity index (χ3n) is 6.04. The normalized spacial score (nSPS) is 13.2. The molecule has 200 valence electrons. The van der Waals surface area contributed by atoms with E-state index in [4.69, 9.17) is 9.84 Å². The third kappa shape index (κ3) is 8.26. The minimum absolute atomic E-state index is 0.0735. The van der Waals surface area contributed by atoms with Crippen LogP contribution in [-0.2, 0) is 9.59 Å². The quantitative estimate of drug-likeness (QED) is 0.271. The van der Waals surface area contributed by atoms with Crippen molar-refractivity contribution in [1.82, 2.24) is 10.6 Å². The van der Waals surface area contributed by atoms with E-state index in [2.05, 4.69) is 21.3 Å². The zero-order chi connectivity index (χ0) is 27.5. The number of rotatable bonds is 11. The summed E-state index contributed by atoms with van der Waals surface area (Å²) in [6, 6.07) is 12.1. The second kappa shape index (κ2) is 13.7. The second-order valence-corrected chi connectivity index (χ2v) is 8.92. The number of carbonyl (C=O) groups excluding carboxylic acids is 2. The predicted molar refractivity (Wildman–Crippen MR) is 148 cm³/mol. The van der Waals surface area contributed by atoms with Gasteiger partial charge in [0.15, 0.2) is 0 Å². The van der Waals surface area contributed by atoms with Gasteiger partial charge in [-0.1, -0.05) is 36.4 Å². The van der Waals surface area contributed by atoms with E-state index < -0.39 is 12.0 Å². The van der Waals surface area contributed by atoms with Gasteiger partial charge in [-0.15, -0.1) is 0 Å². The van der Waals surface area contributed by atoms with Crippen LogP contribution in [0.3, 0.4) is 0 Å². The molecule has 1 unspecified atom stereocenters. The van der Waals surface area contributed by atoms with E-state index in [-0.39, 0.29) is 18.4 Å². The van der Waals surface area contributed by atoms with Gasteiger partial charge >= 0.3 is 12.0 Å². The Morgan fingerprint density at radius 2 is 1.82 bits per heavy atom. The van der Waals surface area contributed by atoms with E-state index in [0.717, 1.165) is 22.4 Å². The molecule has 0 bridgehead atoms. The van der Waals surface area contributed by atoms with Gasteiger partial charge in [0.25, 0.3) is 0 Å². The van der Waals surface area contributed by atoms with Crippen molar-refractivity contribution in [3.8, 4) is 5.75 Å². The monoisotopic (exact) mass is 518 g/mol. The number of aryl methyl sites for hydroxylation is 1. The van der Waals surface area contributed by atoms with Crippen LogP contribution in [-0.4, -0.2) is 30.1 Å². The van der Waals surface area contributed by atoms with Crippen molar-refractivity contribution in [2.24, 2.45) is 0 Å². The van der Waals surface area contributed by atoms with Crippen LogP contribution in [0.1, 0.15) is 49.8 Å². The molecular formula is C29H34N4O5. The number of anilines is 2. The molecule has 0 radical (unpaired) electrons. The van der Waals surface area contributed by atoms with E-state index in [1.165, 1.54) is 14.0 Å². The average Bonchev–Trinajstić information content (AvgIpc) is 3.09. The van der Waals surface area contributed by atoms with Crippen LogP contribution in [0.25, 0.3) is 0 Å². The van der Waals surface area contributed by atoms with Crippen molar-refractivity contribution in [2.45, 2.75) is 45.6 Å². The molecule has 1 aliphatic rings. The summed E-state index contributed by atoms with van der Waals surface area (Å²) in [5.41, 5.74) is 4.79. The van der Waals surface area contributed by atoms with E-state index in [1.54, 1.807) is 18.3 Å². The van der Waals surface area contributed by atoms with Gasteiger partial charge in [0, 0.05) is 30.9 Å². The van der Waals surface area contributed by atoms with Crippen LogP contribution in [0.5, 0.6) is 5.75 Å². The lowest BCUT2D eigenvalue weighted by Gasteiger charge is -2.22. The van der Waals surface area contributed by atoms with E-state index in [1.807, 2.05) is 55.5 Å². The van der Waals surface area contributed by atoms with Crippen molar-refractivity contribution in [3.05, 3.63) is 89.3 Å². The summed E-state index contributed by atoms with van der Waals surface area (Å²) in [5.74, 6) is -0.577. The van der Waals surface area contributed by atoms with Crippen LogP contribution in [0.4, 0.5) is 16.2 Å². The fourth-order valence-electron chi connectivity index (χ4n) is 4.14. The number of methoxy groups -OCH3 is 1. The number of nitrogens with one attached hydrogen (secondary N) is 4. The maximum absolute atomic E-state index is 12.6. The first-order valence-electron chi connectivity index (χ1n) is 12.4. The lowest BCUT2D eigenvalue weighted by atomic mass is 9.95. The number of aliphatic carboxylic acids is 1. The van der Waals surface area contributed by atoms with Gasteiger partial charge in [-0.3, -0.25) is 9.59 Å². The van der Waals surface area contributed by atoms with Crippen molar-refractivity contribution in [3.63, 3.8) is 0 Å². The molecule has 3 amide bonds. The summed E-state index contributed by atoms with van der Waals surface area (Å²) in [6.45, 7) is 3.37. The maximum atomic E-state index is 12.6. The molecule has 9 heteroatoms. The first-order valence-corrected chi connectivity index (χ1v) is 12.4. The number of allylic oxidation sites excluding steroid dienone is 4. The second-order valence-electron chi connectivity index (χ2n) is 8.92. The predicted octanol–water partition coefficient (Wildman–Crippen LogP) is 5.40. The Labute approximate surface area is 222 Å². The van der Waals surface area contributed by atoms with Crippen LogP contribution in [0, 0.1) is 6.92 Å². The molecule has 1 atom stereocenters. The van der Waals surface area contributed by atoms with Gasteiger partial charge in [-0.2, -0.15) is 0 Å². The summed E-state index contributed by atoms with van der Waals surface area (Å²) < 4.78 is 5.56. The first-order chi connectivity index (χ1) is 18.3. The number of carbonyl (C=O) groups is 3. The number of para-hydroxylation sites is 1. The van der Waals surface area contributed by atoms with Crippen molar-refractivity contribution in [1.29, 1.82) is 0 Å². The molecule has 1 aliphatic heterocycles. The molecule has 5 N–H and O–H groups in total. The zero-order valence-corrected chi connectivity index (χ0v) is 21.8. The van der Waals surface area contributed by atoms with Gasteiger partial charge in [-0.25, -0.2) is 4.79 Å². The number of benzene rings is 2. The van der Waals surface area contributed by atoms with Gasteiger partial charge in [0.1, 0.15) is 5.75 Å². The van der Waals surface area contributed by atoms with E-state index in [0.29, 0.717) is 36.4 Å². The van der Waals surface area contributed by atoms with Gasteiger partial charge < -0.3 is 31.1 Å². The molecule has 38 heavy (non-hydrogen) atoms. The Morgan fingerprint density at radius 1 is 1.05 bits per heavy atom. The Morgan fingerprint density at radius 3 is 2.53 bits per heavy atom. The smallest absolute Gasteiger partial charge is 0.323 e. The van der Waals surface area contributed by atoms with Gasteiger partial charge in [-0.05, 0) is 67.2 Å². The standard InChI is InChI=1S/C29H34N4O5/c1-19-9-4-5-11-23(19)32-29(37)33-25-15-14-22(18-27(25)38-3)26(31-20(2)34)17-21-10-6-7-16-30-24(21)12-8-13-28(35)36/h4-7,9-11,14-16,18,26,30H,8,12-13,17H2,1-3H3,(H,31,34)(H,35,36)(H2,32,33,37). The summed E-state index contributed by atoms with van der Waals surface area (Å²) >= 11 is 0. The minimum atomic E-state index is -0.837. The highest BCUT2D eigenvalue weighted by atomic mass is 16.5. The molecule has 0 saturated heterocycles. The molecule has 2 aromatic carbocycles. The molecule has 0 saturated carbocycles. The number of hydrogen-bond donors (Lipinski definition) is 5. The van der Waals surface area contributed by atoms with Crippen molar-refractivity contribution >= 4 is 29.3 Å². The van der Waals surface area contributed by atoms with Crippen LogP contribution < -0.4 is 26.0 Å². The highest BCUT2D eigenvalue weighted by Crippen LogP contribution is 2.32. The number of carboxylic acids is 1. The number of hydrogen-bond acceptors (Lipinski definition) is 5. The van der Waals surface area contributed by atoms with Gasteiger partial charge in [0.05, 0.1) is 18.8 Å². The highest BCUT2D eigenvalue weighted by Gasteiger charge is 2.19. The summed E-state index contributed by atoms with van der Waals surface area (Å²) in [4.78, 5) is 35.7. The Kier molecular flexibility index (Phi) is 10.1. The Balaban J connectivity index is 1.82. The van der Waals surface area contributed by atoms with E-state index >= 15 is 0 Å².